The number of Topliss-reactive ketones (excluding diaryl/α,β-unsaturated/α-hetero) is 1. The number of phenols is 1. The van der Waals surface area contributed by atoms with Gasteiger partial charge >= 0.3 is 18.6 Å². The van der Waals surface area contributed by atoms with E-state index in [1.165, 1.54) is 6.92 Å². The molecule has 1 N–H and O–H groups in total. The van der Waals surface area contributed by atoms with Crippen LogP contribution in [0.25, 0.3) is 10.8 Å². The van der Waals surface area contributed by atoms with Crippen LogP contribution in [0.5, 0.6) is 5.75 Å². The molecular formula is C12H10Cl3O2V. The average molecular weight is 344 g/mol. The third-order valence-electron chi connectivity index (χ3n) is 2.28. The number of hydrogen-bond acceptors (Lipinski definition) is 2. The Morgan fingerprint density at radius 1 is 1.00 bits per heavy atom. The van der Waals surface area contributed by atoms with Crippen LogP contribution in [-0.2, 0) is 18.6 Å². The molecule has 0 unspecified atom stereocenters. The van der Waals surface area contributed by atoms with Crippen molar-refractivity contribution < 1.29 is 65.7 Å². The first-order valence-corrected chi connectivity index (χ1v) is 4.42. The molecule has 0 heterocycles. The van der Waals surface area contributed by atoms with Crippen molar-refractivity contribution in [1.29, 1.82) is 0 Å². The average Bonchev–Trinajstić information content (AvgIpc) is 2.18. The van der Waals surface area contributed by atoms with Gasteiger partial charge in [0.05, 0.1) is 5.56 Å². The van der Waals surface area contributed by atoms with Crippen molar-refractivity contribution in [2.45, 2.75) is 6.92 Å². The molecule has 96 valence electrons. The molecule has 2 aromatic rings. The van der Waals surface area contributed by atoms with E-state index in [9.17, 15) is 9.90 Å². The molecule has 0 saturated carbocycles. The van der Waals surface area contributed by atoms with Crippen LogP contribution in [0, 0.1) is 0 Å². The molecule has 0 amide bonds. The van der Waals surface area contributed by atoms with Crippen LogP contribution in [0.2, 0.25) is 0 Å². The Balaban J connectivity index is -0.000000562. The summed E-state index contributed by atoms with van der Waals surface area (Å²) in [5.41, 5.74) is 0.378. The van der Waals surface area contributed by atoms with E-state index in [1.54, 1.807) is 12.1 Å². The number of aromatic hydroxyl groups is 1. The van der Waals surface area contributed by atoms with Crippen LogP contribution in [0.15, 0.2) is 36.4 Å². The van der Waals surface area contributed by atoms with Crippen LogP contribution in [0.1, 0.15) is 17.3 Å². The van der Waals surface area contributed by atoms with Crippen LogP contribution in [-0.4, -0.2) is 10.9 Å². The fraction of sp³-hybridized carbons (Fsp3) is 0.0833. The van der Waals surface area contributed by atoms with E-state index in [1.807, 2.05) is 24.3 Å². The molecule has 0 radical (unpaired) electrons. The predicted octanol–water partition coefficient (Wildman–Crippen LogP) is -6.24. The fourth-order valence-corrected chi connectivity index (χ4v) is 1.54. The predicted molar refractivity (Wildman–Crippen MR) is 55.6 cm³/mol. The minimum Gasteiger partial charge on any atom is -1.00 e. The van der Waals surface area contributed by atoms with Gasteiger partial charge in [-0.25, -0.2) is 0 Å². The van der Waals surface area contributed by atoms with E-state index in [4.69, 9.17) is 0 Å². The molecule has 0 bridgehead atoms. The van der Waals surface area contributed by atoms with E-state index in [0.29, 0.717) is 5.56 Å². The summed E-state index contributed by atoms with van der Waals surface area (Å²) in [6.07, 6.45) is 0. The molecular weight excluding hydrogens is 333 g/mol. The van der Waals surface area contributed by atoms with Gasteiger partial charge in [-0.15, -0.1) is 0 Å². The first-order chi connectivity index (χ1) is 6.70. The molecule has 18 heavy (non-hydrogen) atoms. The Labute approximate surface area is 136 Å². The number of rotatable bonds is 1. The minimum atomic E-state index is -0.117. The summed E-state index contributed by atoms with van der Waals surface area (Å²) in [4.78, 5) is 11.1. The van der Waals surface area contributed by atoms with Crippen LogP contribution >= 0.6 is 0 Å². The van der Waals surface area contributed by atoms with Crippen molar-refractivity contribution in [2.75, 3.05) is 0 Å². The van der Waals surface area contributed by atoms with Gasteiger partial charge in [-0.05, 0) is 18.4 Å². The number of hydrogen-bond donors (Lipinski definition) is 1. The van der Waals surface area contributed by atoms with E-state index in [2.05, 4.69) is 0 Å². The van der Waals surface area contributed by atoms with E-state index < -0.39 is 0 Å². The number of ketones is 1. The van der Waals surface area contributed by atoms with Gasteiger partial charge in [-0.3, -0.25) is 4.79 Å². The molecule has 0 atom stereocenters. The maximum absolute atomic E-state index is 11.1. The summed E-state index contributed by atoms with van der Waals surface area (Å²) in [5.74, 6) is -0.0381. The van der Waals surface area contributed by atoms with Gasteiger partial charge in [-0.2, -0.15) is 0 Å². The maximum Gasteiger partial charge on any atom is 3.00 e. The Bertz CT molecular complexity index is 518. The molecule has 0 saturated heterocycles. The Kier molecular flexibility index (Phi) is 12.1. The zero-order valence-corrected chi connectivity index (χ0v) is 13.1. The Morgan fingerprint density at radius 2 is 1.56 bits per heavy atom. The van der Waals surface area contributed by atoms with Crippen LogP contribution in [0.4, 0.5) is 0 Å². The van der Waals surface area contributed by atoms with E-state index >= 15 is 0 Å². The molecule has 0 fully saturated rings. The smallest absolute Gasteiger partial charge is 1.00 e. The van der Waals surface area contributed by atoms with E-state index in [-0.39, 0.29) is 67.3 Å². The van der Waals surface area contributed by atoms with Crippen molar-refractivity contribution in [1.82, 2.24) is 0 Å². The molecule has 0 aliphatic rings. The maximum atomic E-state index is 11.1. The van der Waals surface area contributed by atoms with Gasteiger partial charge in [0.1, 0.15) is 5.75 Å². The van der Waals surface area contributed by atoms with Gasteiger partial charge in [0.15, 0.2) is 5.78 Å². The molecule has 2 aromatic carbocycles. The molecule has 0 spiro atoms. The Morgan fingerprint density at radius 3 is 2.11 bits per heavy atom. The first kappa shape index (κ1) is 22.8. The molecule has 0 aliphatic carbocycles. The topological polar surface area (TPSA) is 37.3 Å². The van der Waals surface area contributed by atoms with Gasteiger partial charge < -0.3 is 42.3 Å². The summed E-state index contributed by atoms with van der Waals surface area (Å²) in [5, 5.41) is 11.5. The molecule has 0 aromatic heterocycles. The SMILES string of the molecule is CC(=O)c1ccc2ccccc2c1O.[Cl-].[Cl-].[Cl-].[V+3]. The van der Waals surface area contributed by atoms with E-state index in [0.717, 1.165) is 10.8 Å². The van der Waals surface area contributed by atoms with Gasteiger partial charge in [0, 0.05) is 5.39 Å². The minimum absolute atomic E-state index is 0. The summed E-state index contributed by atoms with van der Waals surface area (Å²) in [7, 11) is 0. The Hall–Kier alpha value is -0.376. The quantitative estimate of drug-likeness (QED) is 0.523. The van der Waals surface area contributed by atoms with Crippen molar-refractivity contribution in [2.24, 2.45) is 0 Å². The summed E-state index contributed by atoms with van der Waals surface area (Å²) < 4.78 is 0. The number of halogens is 3. The third-order valence-corrected chi connectivity index (χ3v) is 2.28. The second-order valence-corrected chi connectivity index (χ2v) is 3.24. The van der Waals surface area contributed by atoms with Crippen molar-refractivity contribution in [3.05, 3.63) is 42.0 Å². The van der Waals surface area contributed by atoms with Crippen LogP contribution in [0.3, 0.4) is 0 Å². The van der Waals surface area contributed by atoms with Gasteiger partial charge in [0.25, 0.3) is 0 Å². The van der Waals surface area contributed by atoms with Crippen molar-refractivity contribution >= 4 is 16.6 Å². The second kappa shape index (κ2) is 9.54. The second-order valence-electron chi connectivity index (χ2n) is 3.24. The van der Waals surface area contributed by atoms with Gasteiger partial charge in [0.2, 0.25) is 0 Å². The summed E-state index contributed by atoms with van der Waals surface area (Å²) >= 11 is 0. The van der Waals surface area contributed by atoms with Gasteiger partial charge in [-0.1, -0.05) is 30.3 Å². The summed E-state index contributed by atoms with van der Waals surface area (Å²) in [6.45, 7) is 1.45. The number of benzene rings is 2. The molecule has 2 rings (SSSR count). The summed E-state index contributed by atoms with van der Waals surface area (Å²) in [6, 6.07) is 10.9. The number of fused-ring (bicyclic) bond motifs is 1. The fourth-order valence-electron chi connectivity index (χ4n) is 1.54. The zero-order valence-electron chi connectivity index (χ0n) is 9.40. The standard InChI is InChI=1S/C12H10O2.3ClH.V/c1-8(13)10-7-6-9-4-2-3-5-11(9)12(10)14;;;;/h2-7,14H,1H3;3*1H;/q;;;;+3/p-3. The molecule has 6 heteroatoms. The monoisotopic (exact) mass is 342 g/mol. The normalized spacial score (nSPS) is 8.06. The molecule has 0 aliphatic heterocycles. The number of carbonyl (C=O) groups excluding carboxylic acids is 1. The van der Waals surface area contributed by atoms with Crippen molar-refractivity contribution in [3.63, 3.8) is 0 Å². The zero-order chi connectivity index (χ0) is 10.1. The van der Waals surface area contributed by atoms with Crippen LogP contribution < -0.4 is 37.2 Å². The van der Waals surface area contributed by atoms with Crippen molar-refractivity contribution in [3.8, 4) is 5.75 Å². The third kappa shape index (κ3) is 4.38. The number of phenolic OH excluding ortho intramolecular Hbond substituents is 1. The molecule has 2 nitrogen and oxygen atoms in total. The largest absolute Gasteiger partial charge is 3.00 e. The first-order valence-electron chi connectivity index (χ1n) is 4.42. The number of carbonyl (C=O) groups is 1.